The average Bonchev–Trinajstić information content (AvgIpc) is 2.67. The van der Waals surface area contributed by atoms with E-state index in [1.807, 2.05) is 0 Å². The van der Waals surface area contributed by atoms with Gasteiger partial charge >= 0.3 is 0 Å². The van der Waals surface area contributed by atoms with Gasteiger partial charge in [0.05, 0.1) is 5.56 Å². The molecule has 1 fully saturated rings. The van der Waals surface area contributed by atoms with Crippen LogP contribution in [0, 0.1) is 5.82 Å². The molecular weight excluding hydrogens is 221 g/mol. The molecule has 5 heteroatoms. The minimum absolute atomic E-state index is 0.123. The summed E-state index contributed by atoms with van der Waals surface area (Å²) in [6, 6.07) is 4.04. The van der Waals surface area contributed by atoms with Crippen LogP contribution in [0.15, 0.2) is 18.2 Å². The molecule has 1 aromatic carbocycles. The molecule has 0 aliphatic carbocycles. The molecule has 17 heavy (non-hydrogen) atoms. The molecule has 2 rings (SSSR count). The molecule has 0 bridgehead atoms. The van der Waals surface area contributed by atoms with Crippen LogP contribution in [0.4, 0.5) is 10.1 Å². The topological polar surface area (TPSA) is 67.1 Å². The molecule has 1 aromatic rings. The number of hydrogen-bond donors (Lipinski definition) is 3. The van der Waals surface area contributed by atoms with E-state index in [9.17, 15) is 9.18 Å². The van der Waals surface area contributed by atoms with Gasteiger partial charge in [0.15, 0.2) is 0 Å². The number of carbonyl (C=O) groups is 1. The first-order valence-corrected chi connectivity index (χ1v) is 5.58. The van der Waals surface area contributed by atoms with Crippen molar-refractivity contribution in [2.45, 2.75) is 18.9 Å². The number of nitrogens with two attached hydrogens (primary N) is 1. The molecule has 0 aromatic heterocycles. The Kier molecular flexibility index (Phi) is 3.02. The number of benzene rings is 1. The van der Waals surface area contributed by atoms with E-state index in [0.717, 1.165) is 25.6 Å². The predicted molar refractivity (Wildman–Crippen MR) is 64.4 cm³/mol. The van der Waals surface area contributed by atoms with Gasteiger partial charge in [-0.3, -0.25) is 4.79 Å². The van der Waals surface area contributed by atoms with E-state index in [1.165, 1.54) is 6.07 Å². The number of halogens is 1. The summed E-state index contributed by atoms with van der Waals surface area (Å²) < 4.78 is 13.1. The maximum absolute atomic E-state index is 13.1. The molecule has 0 saturated carbocycles. The lowest BCUT2D eigenvalue weighted by atomic mass is 10.00. The Bertz CT molecular complexity index is 441. The molecule has 1 unspecified atom stereocenters. The van der Waals surface area contributed by atoms with Crippen molar-refractivity contribution in [3.63, 3.8) is 0 Å². The molecule has 0 radical (unpaired) electrons. The Balaban J connectivity index is 2.28. The van der Waals surface area contributed by atoms with Gasteiger partial charge in [0.25, 0.3) is 5.91 Å². The molecule has 1 aliphatic rings. The molecule has 1 amide bonds. The lowest BCUT2D eigenvalue weighted by molar-refractivity contribution is 0.100. The number of nitrogens with one attached hydrogen (secondary N) is 2. The SMILES string of the molecule is CC1(Nc2ccc(F)cc2C(N)=O)CCNC1. The summed E-state index contributed by atoms with van der Waals surface area (Å²) in [5.74, 6) is -1.08. The first-order valence-electron chi connectivity index (χ1n) is 5.58. The number of amides is 1. The van der Waals surface area contributed by atoms with Gasteiger partial charge in [0.2, 0.25) is 0 Å². The van der Waals surface area contributed by atoms with Crippen molar-refractivity contribution in [1.29, 1.82) is 0 Å². The highest BCUT2D eigenvalue weighted by Gasteiger charge is 2.29. The van der Waals surface area contributed by atoms with Crippen molar-refractivity contribution in [2.75, 3.05) is 18.4 Å². The van der Waals surface area contributed by atoms with Crippen LogP contribution in [0.25, 0.3) is 0 Å². The van der Waals surface area contributed by atoms with E-state index in [2.05, 4.69) is 17.6 Å². The maximum atomic E-state index is 13.1. The summed E-state index contributed by atoms with van der Waals surface area (Å²) in [6.07, 6.45) is 0.947. The average molecular weight is 237 g/mol. The summed E-state index contributed by atoms with van der Waals surface area (Å²) in [7, 11) is 0. The molecule has 4 nitrogen and oxygen atoms in total. The highest BCUT2D eigenvalue weighted by Crippen LogP contribution is 2.24. The van der Waals surface area contributed by atoms with Crippen LogP contribution in [-0.2, 0) is 0 Å². The van der Waals surface area contributed by atoms with E-state index < -0.39 is 11.7 Å². The third-order valence-electron chi connectivity index (χ3n) is 3.05. The van der Waals surface area contributed by atoms with Crippen LogP contribution in [0.2, 0.25) is 0 Å². The Hall–Kier alpha value is -1.62. The fourth-order valence-electron chi connectivity index (χ4n) is 2.08. The van der Waals surface area contributed by atoms with E-state index in [0.29, 0.717) is 5.69 Å². The minimum atomic E-state index is -0.624. The van der Waals surface area contributed by atoms with Crippen LogP contribution < -0.4 is 16.4 Å². The van der Waals surface area contributed by atoms with E-state index in [1.54, 1.807) is 6.07 Å². The zero-order valence-corrected chi connectivity index (χ0v) is 9.72. The van der Waals surface area contributed by atoms with E-state index in [4.69, 9.17) is 5.73 Å². The summed E-state index contributed by atoms with van der Waals surface area (Å²) >= 11 is 0. The van der Waals surface area contributed by atoms with Crippen LogP contribution in [0.3, 0.4) is 0 Å². The number of primary amides is 1. The number of rotatable bonds is 3. The second-order valence-corrected chi connectivity index (χ2v) is 4.67. The second-order valence-electron chi connectivity index (χ2n) is 4.67. The largest absolute Gasteiger partial charge is 0.378 e. The smallest absolute Gasteiger partial charge is 0.250 e. The molecule has 1 atom stereocenters. The zero-order valence-electron chi connectivity index (χ0n) is 9.72. The standard InChI is InChI=1S/C12H16FN3O/c1-12(4-5-15-7-12)16-10-3-2-8(13)6-9(10)11(14)17/h2-3,6,15-16H,4-5,7H2,1H3,(H2,14,17). The van der Waals surface area contributed by atoms with Crippen LogP contribution in [0.5, 0.6) is 0 Å². The maximum Gasteiger partial charge on any atom is 0.250 e. The minimum Gasteiger partial charge on any atom is -0.378 e. The third-order valence-corrected chi connectivity index (χ3v) is 3.05. The Labute approximate surface area is 99.4 Å². The molecule has 92 valence electrons. The highest BCUT2D eigenvalue weighted by molar-refractivity contribution is 5.98. The van der Waals surface area contributed by atoms with Gasteiger partial charge in [0.1, 0.15) is 5.82 Å². The van der Waals surface area contributed by atoms with Gasteiger partial charge in [-0.1, -0.05) is 0 Å². The summed E-state index contributed by atoms with van der Waals surface area (Å²) in [5, 5.41) is 6.50. The number of carbonyl (C=O) groups excluding carboxylic acids is 1. The van der Waals surface area contributed by atoms with Crippen molar-refractivity contribution in [1.82, 2.24) is 5.32 Å². The monoisotopic (exact) mass is 237 g/mol. The van der Waals surface area contributed by atoms with Gasteiger partial charge < -0.3 is 16.4 Å². The zero-order chi connectivity index (χ0) is 12.5. The van der Waals surface area contributed by atoms with Crippen LogP contribution >= 0.6 is 0 Å². The number of anilines is 1. The molecule has 4 N–H and O–H groups in total. The normalized spacial score (nSPS) is 23.6. The first kappa shape index (κ1) is 11.9. The quantitative estimate of drug-likeness (QED) is 0.737. The fraction of sp³-hybridized carbons (Fsp3) is 0.417. The molecule has 1 saturated heterocycles. The van der Waals surface area contributed by atoms with Gasteiger partial charge in [-0.15, -0.1) is 0 Å². The van der Waals surface area contributed by atoms with Crippen LogP contribution in [0.1, 0.15) is 23.7 Å². The Morgan fingerprint density at radius 3 is 2.94 bits per heavy atom. The van der Waals surface area contributed by atoms with Gasteiger partial charge in [0, 0.05) is 17.8 Å². The van der Waals surface area contributed by atoms with E-state index in [-0.39, 0.29) is 11.1 Å². The van der Waals surface area contributed by atoms with Crippen molar-refractivity contribution in [3.05, 3.63) is 29.6 Å². The van der Waals surface area contributed by atoms with E-state index >= 15 is 0 Å². The van der Waals surface area contributed by atoms with Crippen LogP contribution in [-0.4, -0.2) is 24.5 Å². The fourth-order valence-corrected chi connectivity index (χ4v) is 2.08. The second kappa shape index (κ2) is 4.33. The molecule has 1 heterocycles. The van der Waals surface area contributed by atoms with Gasteiger partial charge in [-0.05, 0) is 38.1 Å². The van der Waals surface area contributed by atoms with Crippen molar-refractivity contribution in [3.8, 4) is 0 Å². The molecule has 1 aliphatic heterocycles. The molecule has 0 spiro atoms. The van der Waals surface area contributed by atoms with Crippen molar-refractivity contribution in [2.24, 2.45) is 5.73 Å². The van der Waals surface area contributed by atoms with Gasteiger partial charge in [-0.2, -0.15) is 0 Å². The summed E-state index contributed by atoms with van der Waals surface area (Å²) in [4.78, 5) is 11.3. The third kappa shape index (κ3) is 2.55. The lowest BCUT2D eigenvalue weighted by Gasteiger charge is -2.27. The van der Waals surface area contributed by atoms with Crippen molar-refractivity contribution < 1.29 is 9.18 Å². The number of hydrogen-bond acceptors (Lipinski definition) is 3. The highest BCUT2D eigenvalue weighted by atomic mass is 19.1. The van der Waals surface area contributed by atoms with Gasteiger partial charge in [-0.25, -0.2) is 4.39 Å². The lowest BCUT2D eigenvalue weighted by Crippen LogP contribution is -2.37. The Morgan fingerprint density at radius 1 is 1.59 bits per heavy atom. The molecular formula is C12H16FN3O. The Morgan fingerprint density at radius 2 is 2.35 bits per heavy atom. The van der Waals surface area contributed by atoms with Crippen molar-refractivity contribution >= 4 is 11.6 Å². The summed E-state index contributed by atoms with van der Waals surface area (Å²) in [6.45, 7) is 3.79. The first-order chi connectivity index (χ1) is 8.00. The summed E-state index contributed by atoms with van der Waals surface area (Å²) in [5.41, 5.74) is 5.90. The predicted octanol–water partition coefficient (Wildman–Crippen LogP) is 1.09.